The van der Waals surface area contributed by atoms with Crippen LogP contribution in [0.3, 0.4) is 0 Å². The van der Waals surface area contributed by atoms with Crippen molar-refractivity contribution in [3.8, 4) is 0 Å². The van der Waals surface area contributed by atoms with Crippen LogP contribution in [0.15, 0.2) is 16.6 Å². The summed E-state index contributed by atoms with van der Waals surface area (Å²) in [5.41, 5.74) is 14.5. The number of rotatable bonds is 7. The molecule has 4 rings (SSSR count). The first-order valence-corrected chi connectivity index (χ1v) is 13.1. The zero-order valence-corrected chi connectivity index (χ0v) is 20.9. The molecular formula is C26H46N4O3. The van der Waals surface area contributed by atoms with Crippen molar-refractivity contribution in [3.05, 3.63) is 11.6 Å². The van der Waals surface area contributed by atoms with Gasteiger partial charge in [0.05, 0.1) is 24.9 Å². The molecule has 0 heterocycles. The van der Waals surface area contributed by atoms with E-state index in [0.717, 1.165) is 51.4 Å². The minimum absolute atomic E-state index is 0.0684. The SMILES string of the molecule is C/C(=C\C1CC[C@@]2(O)[C@@H]3CCC4CC(O)CC[C@]4(C)[C@@H]3CC[C@]12C)CNOCCN=C(N)N. The first-order chi connectivity index (χ1) is 15.6. The molecule has 4 fully saturated rings. The maximum Gasteiger partial charge on any atom is 0.185 e. The molecular weight excluding hydrogens is 416 g/mol. The summed E-state index contributed by atoms with van der Waals surface area (Å²) < 4.78 is 0. The van der Waals surface area contributed by atoms with Gasteiger partial charge in [-0.2, -0.15) is 5.48 Å². The molecule has 7 nitrogen and oxygen atoms in total. The van der Waals surface area contributed by atoms with Gasteiger partial charge in [0.15, 0.2) is 5.96 Å². The molecule has 0 aromatic rings. The highest BCUT2D eigenvalue weighted by Crippen LogP contribution is 2.69. The van der Waals surface area contributed by atoms with Crippen molar-refractivity contribution in [1.29, 1.82) is 0 Å². The molecule has 0 spiro atoms. The highest BCUT2D eigenvalue weighted by Gasteiger charge is 2.66. The summed E-state index contributed by atoms with van der Waals surface area (Å²) >= 11 is 0. The maximum absolute atomic E-state index is 12.3. The van der Waals surface area contributed by atoms with Gasteiger partial charge >= 0.3 is 0 Å². The number of aliphatic imine (C=N–C) groups is 1. The van der Waals surface area contributed by atoms with Crippen molar-refractivity contribution in [2.24, 2.45) is 51.0 Å². The lowest BCUT2D eigenvalue weighted by Gasteiger charge is -2.63. The molecule has 7 N–H and O–H groups in total. The fourth-order valence-electron chi connectivity index (χ4n) is 8.37. The first-order valence-electron chi connectivity index (χ1n) is 13.1. The third-order valence-corrected chi connectivity index (χ3v) is 10.3. The average molecular weight is 463 g/mol. The van der Waals surface area contributed by atoms with E-state index in [1.165, 1.54) is 12.0 Å². The number of hydrogen-bond acceptors (Lipinski definition) is 5. The number of hydroxylamine groups is 1. The van der Waals surface area contributed by atoms with Crippen LogP contribution in [0.4, 0.5) is 0 Å². The van der Waals surface area contributed by atoms with Gasteiger partial charge < -0.3 is 21.7 Å². The lowest BCUT2D eigenvalue weighted by molar-refractivity contribution is -0.207. The van der Waals surface area contributed by atoms with Crippen LogP contribution in [0.5, 0.6) is 0 Å². The highest BCUT2D eigenvalue weighted by molar-refractivity contribution is 5.75. The van der Waals surface area contributed by atoms with Crippen LogP contribution in [0.25, 0.3) is 0 Å². The molecule has 3 unspecified atom stereocenters. The number of aliphatic hydroxyl groups is 2. The summed E-state index contributed by atoms with van der Waals surface area (Å²) in [5, 5.41) is 22.5. The molecule has 0 aromatic heterocycles. The number of nitrogens with two attached hydrogens (primary N) is 2. The Morgan fingerprint density at radius 1 is 1.09 bits per heavy atom. The fourth-order valence-corrected chi connectivity index (χ4v) is 8.37. The van der Waals surface area contributed by atoms with Gasteiger partial charge in [-0.15, -0.1) is 0 Å². The van der Waals surface area contributed by atoms with Gasteiger partial charge in [0.2, 0.25) is 0 Å². The standard InChI is InChI=1S/C26H46N4O3/c1-17(16-30-33-13-12-29-23(27)28)14-19-6-11-26(32)22-5-4-18-15-20(31)7-9-24(18,2)21(22)8-10-25(19,26)3/h14,18-22,30-32H,4-13,15-16H2,1-3H3,(H4,27,28,29)/b17-14+/t18?,19?,20?,21-,22-,24+,25-,26-/m1/s1. The van der Waals surface area contributed by atoms with Gasteiger partial charge in [-0.05, 0) is 93.8 Å². The first kappa shape index (κ1) is 25.0. The van der Waals surface area contributed by atoms with E-state index in [2.05, 4.69) is 37.3 Å². The Morgan fingerprint density at radius 2 is 1.88 bits per heavy atom. The van der Waals surface area contributed by atoms with Crippen molar-refractivity contribution in [1.82, 2.24) is 5.48 Å². The van der Waals surface area contributed by atoms with Crippen LogP contribution in [0.2, 0.25) is 0 Å². The molecule has 0 aliphatic heterocycles. The molecule has 188 valence electrons. The third-order valence-electron chi connectivity index (χ3n) is 10.3. The zero-order valence-electron chi connectivity index (χ0n) is 20.9. The van der Waals surface area contributed by atoms with Gasteiger partial charge in [0, 0.05) is 12.0 Å². The second-order valence-corrected chi connectivity index (χ2v) is 11.9. The van der Waals surface area contributed by atoms with Crippen LogP contribution >= 0.6 is 0 Å². The van der Waals surface area contributed by atoms with Crippen molar-refractivity contribution in [3.63, 3.8) is 0 Å². The number of fused-ring (bicyclic) bond motifs is 5. The molecule has 4 aliphatic carbocycles. The highest BCUT2D eigenvalue weighted by atomic mass is 16.6. The van der Waals surface area contributed by atoms with E-state index in [-0.39, 0.29) is 22.9 Å². The maximum atomic E-state index is 12.3. The molecule has 4 aliphatic rings. The van der Waals surface area contributed by atoms with E-state index >= 15 is 0 Å². The van der Waals surface area contributed by atoms with Crippen molar-refractivity contribution in [2.75, 3.05) is 19.7 Å². The van der Waals surface area contributed by atoms with Crippen LogP contribution in [0, 0.1) is 34.5 Å². The second kappa shape index (κ2) is 9.48. The molecule has 0 aromatic carbocycles. The van der Waals surface area contributed by atoms with Crippen LogP contribution < -0.4 is 16.9 Å². The van der Waals surface area contributed by atoms with E-state index in [1.54, 1.807) is 0 Å². The van der Waals surface area contributed by atoms with Crippen LogP contribution in [-0.4, -0.2) is 47.6 Å². The zero-order chi connectivity index (χ0) is 23.9. The number of nitrogens with one attached hydrogen (secondary N) is 1. The Kier molecular flexibility index (Phi) is 7.17. The fraction of sp³-hybridized carbons (Fsp3) is 0.885. The minimum Gasteiger partial charge on any atom is -0.393 e. The average Bonchev–Trinajstić information content (AvgIpc) is 3.02. The van der Waals surface area contributed by atoms with E-state index in [9.17, 15) is 10.2 Å². The topological polar surface area (TPSA) is 126 Å². The summed E-state index contributed by atoms with van der Waals surface area (Å²) in [4.78, 5) is 9.34. The minimum atomic E-state index is -0.578. The summed E-state index contributed by atoms with van der Waals surface area (Å²) in [6.45, 7) is 8.48. The molecule has 0 bridgehead atoms. The van der Waals surface area contributed by atoms with Gasteiger partial charge in [0.1, 0.15) is 0 Å². The molecule has 4 saturated carbocycles. The molecule has 7 heteroatoms. The Balaban J connectivity index is 1.41. The largest absolute Gasteiger partial charge is 0.393 e. The Bertz CT molecular complexity index is 769. The Hall–Kier alpha value is -1.15. The van der Waals surface area contributed by atoms with Gasteiger partial charge in [0.25, 0.3) is 0 Å². The smallest absolute Gasteiger partial charge is 0.185 e. The second-order valence-electron chi connectivity index (χ2n) is 11.9. The lowest BCUT2D eigenvalue weighted by atomic mass is 9.43. The normalized spacial score (nSPS) is 45.1. The van der Waals surface area contributed by atoms with Crippen LogP contribution in [-0.2, 0) is 4.84 Å². The quantitative estimate of drug-likeness (QED) is 0.130. The summed E-state index contributed by atoms with van der Waals surface area (Å²) in [6.07, 6.45) is 11.8. The van der Waals surface area contributed by atoms with E-state index in [1.807, 2.05) is 0 Å². The predicted octanol–water partition coefficient (Wildman–Crippen LogP) is 2.86. The number of hydrogen-bond donors (Lipinski definition) is 5. The van der Waals surface area contributed by atoms with Crippen molar-refractivity contribution < 1.29 is 15.1 Å². The summed E-state index contributed by atoms with van der Waals surface area (Å²) in [6, 6.07) is 0. The predicted molar refractivity (Wildman–Crippen MR) is 131 cm³/mol. The number of allylic oxidation sites excluding steroid dienone is 1. The molecule has 0 saturated heterocycles. The molecule has 0 radical (unpaired) electrons. The van der Waals surface area contributed by atoms with E-state index in [4.69, 9.17) is 16.3 Å². The summed E-state index contributed by atoms with van der Waals surface area (Å²) in [7, 11) is 0. The Morgan fingerprint density at radius 3 is 2.64 bits per heavy atom. The molecule has 8 atom stereocenters. The number of guanidine groups is 1. The van der Waals surface area contributed by atoms with Crippen molar-refractivity contribution >= 4 is 5.96 Å². The van der Waals surface area contributed by atoms with E-state index < -0.39 is 5.60 Å². The lowest BCUT2D eigenvalue weighted by Crippen LogP contribution is -2.62. The van der Waals surface area contributed by atoms with Gasteiger partial charge in [-0.3, -0.25) is 9.83 Å². The third kappa shape index (κ3) is 4.46. The monoisotopic (exact) mass is 462 g/mol. The summed E-state index contributed by atoms with van der Waals surface area (Å²) in [5.74, 6) is 2.07. The number of aliphatic hydroxyl groups excluding tert-OH is 1. The number of nitrogens with zero attached hydrogens (tertiary/aromatic N) is 1. The molecule has 33 heavy (non-hydrogen) atoms. The van der Waals surface area contributed by atoms with Gasteiger partial charge in [-0.25, -0.2) is 0 Å². The Labute approximate surface area is 199 Å². The van der Waals surface area contributed by atoms with E-state index in [0.29, 0.717) is 43.4 Å². The molecule has 0 amide bonds. The van der Waals surface area contributed by atoms with Crippen molar-refractivity contribution in [2.45, 2.75) is 90.3 Å². The van der Waals surface area contributed by atoms with Crippen LogP contribution in [0.1, 0.15) is 78.6 Å². The van der Waals surface area contributed by atoms with Gasteiger partial charge in [-0.1, -0.05) is 25.5 Å².